The minimum absolute atomic E-state index is 0. The molecule has 0 heterocycles. The highest BCUT2D eigenvalue weighted by Crippen LogP contribution is 2.17. The first kappa shape index (κ1) is 15.0. The van der Waals surface area contributed by atoms with Crippen molar-refractivity contribution in [1.82, 2.24) is 5.32 Å². The van der Waals surface area contributed by atoms with Crippen LogP contribution in [0.3, 0.4) is 0 Å². The van der Waals surface area contributed by atoms with Gasteiger partial charge in [0.1, 0.15) is 0 Å². The van der Waals surface area contributed by atoms with Gasteiger partial charge < -0.3 is 21.9 Å². The Kier molecular flexibility index (Phi) is 6.88. The molecule has 6 N–H and O–H groups in total. The van der Waals surface area contributed by atoms with E-state index in [-0.39, 0.29) is 25.1 Å². The molecule has 5 heteroatoms. The van der Waals surface area contributed by atoms with E-state index in [0.717, 1.165) is 23.4 Å². The van der Waals surface area contributed by atoms with Crippen molar-refractivity contribution in [1.29, 1.82) is 0 Å². The highest BCUT2D eigenvalue weighted by atomic mass is 35.5. The largest absolute Gasteiger partial charge is 0.399 e. The third kappa shape index (κ3) is 4.70. The molecule has 0 bridgehead atoms. The first-order valence-corrected chi connectivity index (χ1v) is 5.11. The monoisotopic (exact) mass is 245 g/mol. The first-order chi connectivity index (χ1) is 7.13. The average molecular weight is 246 g/mol. The Morgan fingerprint density at radius 1 is 1.38 bits per heavy atom. The second-order valence-corrected chi connectivity index (χ2v) is 3.74. The molecule has 0 amide bonds. The Labute approximate surface area is 102 Å². The van der Waals surface area contributed by atoms with E-state index in [0.29, 0.717) is 6.54 Å². The summed E-state index contributed by atoms with van der Waals surface area (Å²) < 4.78 is 0. The van der Waals surface area contributed by atoms with Gasteiger partial charge in [-0.25, -0.2) is 0 Å². The normalized spacial score (nSPS) is 11.9. The Balaban J connectivity index is 0.00000225. The summed E-state index contributed by atoms with van der Waals surface area (Å²) in [4.78, 5) is 0. The zero-order chi connectivity index (χ0) is 11.3. The second kappa shape index (κ2) is 7.33. The molecule has 0 aromatic heterocycles. The molecule has 92 valence electrons. The van der Waals surface area contributed by atoms with Crippen LogP contribution in [-0.2, 0) is 6.42 Å². The number of aliphatic hydroxyl groups excluding tert-OH is 1. The molecular weight excluding hydrogens is 226 g/mol. The molecule has 4 nitrogen and oxygen atoms in total. The van der Waals surface area contributed by atoms with Crippen molar-refractivity contribution in [3.8, 4) is 0 Å². The van der Waals surface area contributed by atoms with Crippen LogP contribution >= 0.6 is 12.4 Å². The third-order valence-corrected chi connectivity index (χ3v) is 2.30. The Morgan fingerprint density at radius 2 is 2.06 bits per heavy atom. The van der Waals surface area contributed by atoms with Gasteiger partial charge in [-0.15, -0.1) is 12.4 Å². The Bertz CT molecular complexity index is 320. The van der Waals surface area contributed by atoms with E-state index in [2.05, 4.69) is 12.2 Å². The van der Waals surface area contributed by atoms with Crippen LogP contribution in [-0.4, -0.2) is 24.3 Å². The summed E-state index contributed by atoms with van der Waals surface area (Å²) in [5.41, 5.74) is 14.1. The van der Waals surface area contributed by atoms with Crippen LogP contribution in [0, 0.1) is 0 Å². The lowest BCUT2D eigenvalue weighted by Gasteiger charge is -2.14. The number of rotatable bonds is 5. The third-order valence-electron chi connectivity index (χ3n) is 2.30. The molecule has 0 fully saturated rings. The summed E-state index contributed by atoms with van der Waals surface area (Å²) in [5, 5.41) is 11.9. The van der Waals surface area contributed by atoms with Gasteiger partial charge in [0.2, 0.25) is 0 Å². The molecule has 0 saturated carbocycles. The minimum atomic E-state index is 0. The van der Waals surface area contributed by atoms with Gasteiger partial charge in [-0.2, -0.15) is 0 Å². The minimum Gasteiger partial charge on any atom is -0.399 e. The predicted molar refractivity (Wildman–Crippen MR) is 70.8 cm³/mol. The molecule has 1 atom stereocenters. The molecule has 1 unspecified atom stereocenters. The number of hydrogen-bond donors (Lipinski definition) is 4. The van der Waals surface area contributed by atoms with Gasteiger partial charge in [-0.3, -0.25) is 0 Å². The van der Waals surface area contributed by atoms with E-state index in [1.807, 2.05) is 12.1 Å². The highest BCUT2D eigenvalue weighted by molar-refractivity contribution is 5.85. The van der Waals surface area contributed by atoms with E-state index < -0.39 is 0 Å². The van der Waals surface area contributed by atoms with Crippen LogP contribution in [0.25, 0.3) is 0 Å². The van der Waals surface area contributed by atoms with Crippen LogP contribution in [0.15, 0.2) is 18.2 Å². The summed E-state index contributed by atoms with van der Waals surface area (Å²) in [6.45, 7) is 2.80. The molecule has 0 radical (unpaired) electrons. The van der Waals surface area contributed by atoms with Crippen LogP contribution in [0.4, 0.5) is 11.4 Å². The van der Waals surface area contributed by atoms with Crippen molar-refractivity contribution in [2.24, 2.45) is 0 Å². The molecule has 0 spiro atoms. The fourth-order valence-electron chi connectivity index (χ4n) is 1.52. The maximum absolute atomic E-state index is 8.67. The number of halogens is 1. The van der Waals surface area contributed by atoms with Crippen molar-refractivity contribution >= 4 is 23.8 Å². The van der Waals surface area contributed by atoms with Crippen LogP contribution in [0.2, 0.25) is 0 Å². The number of aliphatic hydroxyl groups is 1. The van der Waals surface area contributed by atoms with Crippen LogP contribution in [0.5, 0.6) is 0 Å². The summed E-state index contributed by atoms with van der Waals surface area (Å²) >= 11 is 0. The first-order valence-electron chi connectivity index (χ1n) is 5.11. The lowest BCUT2D eigenvalue weighted by Crippen LogP contribution is -2.30. The summed E-state index contributed by atoms with van der Waals surface area (Å²) in [6.07, 6.45) is 0.816. The van der Waals surface area contributed by atoms with Gasteiger partial charge in [0.15, 0.2) is 0 Å². The summed E-state index contributed by atoms with van der Waals surface area (Å²) in [6, 6.07) is 5.79. The predicted octanol–water partition coefficient (Wildman–Crippen LogP) is 0.786. The Hall–Kier alpha value is -0.970. The molecular formula is C11H20ClN3O. The van der Waals surface area contributed by atoms with Gasteiger partial charge in [-0.05, 0) is 37.1 Å². The number of nitrogens with one attached hydrogen (secondary N) is 1. The molecule has 16 heavy (non-hydrogen) atoms. The lowest BCUT2D eigenvalue weighted by atomic mass is 10.0. The van der Waals surface area contributed by atoms with E-state index in [1.165, 1.54) is 0 Å². The average Bonchev–Trinajstić information content (AvgIpc) is 2.20. The van der Waals surface area contributed by atoms with E-state index in [4.69, 9.17) is 16.6 Å². The van der Waals surface area contributed by atoms with Crippen molar-refractivity contribution in [2.75, 3.05) is 24.6 Å². The van der Waals surface area contributed by atoms with Crippen LogP contribution in [0.1, 0.15) is 12.5 Å². The number of hydrogen-bond acceptors (Lipinski definition) is 4. The number of nitrogen functional groups attached to an aromatic ring is 2. The fourth-order valence-corrected chi connectivity index (χ4v) is 1.52. The molecule has 1 rings (SSSR count). The smallest absolute Gasteiger partial charge is 0.0556 e. The number of nitrogens with two attached hydrogens (primary N) is 2. The van der Waals surface area contributed by atoms with Gasteiger partial charge >= 0.3 is 0 Å². The zero-order valence-corrected chi connectivity index (χ0v) is 10.3. The fraction of sp³-hybridized carbons (Fsp3) is 0.455. The maximum atomic E-state index is 8.67. The zero-order valence-electron chi connectivity index (χ0n) is 9.44. The topological polar surface area (TPSA) is 84.3 Å². The van der Waals surface area contributed by atoms with Gasteiger partial charge in [-0.1, -0.05) is 0 Å². The van der Waals surface area contributed by atoms with E-state index in [1.54, 1.807) is 6.07 Å². The van der Waals surface area contributed by atoms with Crippen LogP contribution < -0.4 is 16.8 Å². The number of anilines is 2. The van der Waals surface area contributed by atoms with E-state index in [9.17, 15) is 0 Å². The maximum Gasteiger partial charge on any atom is 0.0556 e. The molecule has 0 saturated heterocycles. The molecule has 1 aromatic carbocycles. The van der Waals surface area contributed by atoms with Gasteiger partial charge in [0.25, 0.3) is 0 Å². The standard InChI is InChI=1S/C11H19N3O.ClH/c1-8(14-4-5-15)6-9-7-10(12)2-3-11(9)13;/h2-3,7-8,14-15H,4-6,12-13H2,1H3;1H. The highest BCUT2D eigenvalue weighted by Gasteiger charge is 2.05. The van der Waals surface area contributed by atoms with Gasteiger partial charge in [0.05, 0.1) is 6.61 Å². The summed E-state index contributed by atoms with van der Waals surface area (Å²) in [5.74, 6) is 0. The lowest BCUT2D eigenvalue weighted by molar-refractivity contribution is 0.285. The van der Waals surface area contributed by atoms with Crippen molar-refractivity contribution in [3.63, 3.8) is 0 Å². The molecule has 0 aliphatic heterocycles. The SMILES string of the molecule is CC(Cc1cc(N)ccc1N)NCCO.Cl. The quantitative estimate of drug-likeness (QED) is 0.578. The number of benzene rings is 1. The van der Waals surface area contributed by atoms with Crippen molar-refractivity contribution in [2.45, 2.75) is 19.4 Å². The second-order valence-electron chi connectivity index (χ2n) is 3.74. The molecule has 1 aromatic rings. The summed E-state index contributed by atoms with van der Waals surface area (Å²) in [7, 11) is 0. The van der Waals surface area contributed by atoms with Crippen molar-refractivity contribution < 1.29 is 5.11 Å². The molecule has 0 aliphatic carbocycles. The Morgan fingerprint density at radius 3 is 2.69 bits per heavy atom. The van der Waals surface area contributed by atoms with Crippen molar-refractivity contribution in [3.05, 3.63) is 23.8 Å². The molecule has 0 aliphatic rings. The van der Waals surface area contributed by atoms with Gasteiger partial charge in [0, 0.05) is 24.0 Å². The van der Waals surface area contributed by atoms with E-state index >= 15 is 0 Å².